The van der Waals surface area contributed by atoms with E-state index in [9.17, 15) is 9.59 Å². The highest BCUT2D eigenvalue weighted by Crippen LogP contribution is 2.34. The number of thiazole rings is 1. The summed E-state index contributed by atoms with van der Waals surface area (Å²) in [5, 5.41) is 8.08. The molecule has 0 aliphatic carbocycles. The molecule has 9 nitrogen and oxygen atoms in total. The zero-order chi connectivity index (χ0) is 27.8. The molecule has 0 atom stereocenters. The van der Waals surface area contributed by atoms with Gasteiger partial charge in [0.2, 0.25) is 5.91 Å². The van der Waals surface area contributed by atoms with E-state index >= 15 is 0 Å². The second-order valence-corrected chi connectivity index (χ2v) is 9.87. The van der Waals surface area contributed by atoms with Gasteiger partial charge in [-0.15, -0.1) is 23.1 Å². The van der Waals surface area contributed by atoms with Gasteiger partial charge in [-0.2, -0.15) is 0 Å². The number of carbonyl (C=O) groups excluding carboxylic acids is 2. The molecule has 0 saturated heterocycles. The van der Waals surface area contributed by atoms with Crippen LogP contribution in [0.25, 0.3) is 11.3 Å². The number of carbonyl (C=O) groups is 2. The minimum Gasteiger partial charge on any atom is -0.496 e. The lowest BCUT2D eigenvalue weighted by Crippen LogP contribution is -2.14. The van der Waals surface area contributed by atoms with E-state index in [1.807, 2.05) is 35.7 Å². The molecule has 0 saturated carbocycles. The van der Waals surface area contributed by atoms with E-state index in [2.05, 4.69) is 15.6 Å². The third kappa shape index (κ3) is 6.81. The second-order valence-electron chi connectivity index (χ2n) is 7.96. The van der Waals surface area contributed by atoms with Gasteiger partial charge in [-0.1, -0.05) is 6.07 Å². The highest BCUT2D eigenvalue weighted by atomic mass is 32.2. The Balaban J connectivity index is 1.31. The number of aromatic nitrogens is 1. The minimum absolute atomic E-state index is 0.172. The van der Waals surface area contributed by atoms with Crippen LogP contribution >= 0.6 is 23.1 Å². The van der Waals surface area contributed by atoms with Gasteiger partial charge in [0, 0.05) is 21.5 Å². The van der Waals surface area contributed by atoms with E-state index in [1.165, 1.54) is 37.3 Å². The van der Waals surface area contributed by atoms with E-state index in [1.54, 1.807) is 44.6 Å². The molecule has 0 fully saturated rings. The maximum atomic E-state index is 12.9. The Morgan fingerprint density at radius 2 is 1.49 bits per heavy atom. The Bertz CT molecular complexity index is 1430. The number of hydrogen-bond donors (Lipinski definition) is 2. The van der Waals surface area contributed by atoms with Gasteiger partial charge in [0.1, 0.15) is 17.1 Å². The number of ether oxygens (including phenoxy) is 4. The molecule has 202 valence electrons. The third-order valence-corrected chi connectivity index (χ3v) is 7.34. The van der Waals surface area contributed by atoms with Gasteiger partial charge >= 0.3 is 0 Å². The van der Waals surface area contributed by atoms with Crippen molar-refractivity contribution in [2.24, 2.45) is 0 Å². The molecule has 1 heterocycles. The van der Waals surface area contributed by atoms with Crippen LogP contribution in [0, 0.1) is 0 Å². The van der Waals surface area contributed by atoms with Crippen molar-refractivity contribution in [2.75, 3.05) is 44.8 Å². The fourth-order valence-corrected chi connectivity index (χ4v) is 5.10. The van der Waals surface area contributed by atoms with Gasteiger partial charge in [0.05, 0.1) is 39.9 Å². The van der Waals surface area contributed by atoms with Crippen molar-refractivity contribution in [2.45, 2.75) is 4.90 Å². The number of nitrogens with one attached hydrogen (secondary N) is 2. The highest BCUT2D eigenvalue weighted by molar-refractivity contribution is 8.00. The lowest BCUT2D eigenvalue weighted by atomic mass is 10.1. The normalized spacial score (nSPS) is 10.5. The molecule has 11 heteroatoms. The summed E-state index contributed by atoms with van der Waals surface area (Å²) in [5.74, 6) is 1.76. The SMILES string of the molecule is COc1ccc(-c2csc(NC(=O)CSc3ccc(NC(=O)c4c(OC)cccc4OC)cc3)n2)cc1OC. The van der Waals surface area contributed by atoms with Gasteiger partial charge in [0.25, 0.3) is 5.91 Å². The lowest BCUT2D eigenvalue weighted by molar-refractivity contribution is -0.113. The molecule has 3 aromatic carbocycles. The first-order valence-corrected chi connectivity index (χ1v) is 13.5. The molecule has 0 unspecified atom stereocenters. The van der Waals surface area contributed by atoms with Crippen LogP contribution in [-0.2, 0) is 4.79 Å². The number of methoxy groups -OCH3 is 4. The highest BCUT2D eigenvalue weighted by Gasteiger charge is 2.18. The quantitative estimate of drug-likeness (QED) is 0.219. The van der Waals surface area contributed by atoms with E-state index < -0.39 is 0 Å². The van der Waals surface area contributed by atoms with Crippen LogP contribution in [0.2, 0.25) is 0 Å². The van der Waals surface area contributed by atoms with Crippen molar-refractivity contribution < 1.29 is 28.5 Å². The number of amides is 2. The van der Waals surface area contributed by atoms with Crippen molar-refractivity contribution >= 4 is 45.7 Å². The largest absolute Gasteiger partial charge is 0.496 e. The molecule has 4 aromatic rings. The van der Waals surface area contributed by atoms with Crippen LogP contribution in [0.1, 0.15) is 10.4 Å². The van der Waals surface area contributed by atoms with E-state index in [0.717, 1.165) is 16.2 Å². The summed E-state index contributed by atoms with van der Waals surface area (Å²) in [7, 11) is 6.16. The van der Waals surface area contributed by atoms with Crippen molar-refractivity contribution in [1.29, 1.82) is 0 Å². The van der Waals surface area contributed by atoms with Crippen LogP contribution in [0.4, 0.5) is 10.8 Å². The fraction of sp³-hybridized carbons (Fsp3) is 0.179. The number of benzene rings is 3. The predicted molar refractivity (Wildman–Crippen MR) is 154 cm³/mol. The molecule has 0 radical (unpaired) electrons. The molecule has 0 aliphatic heterocycles. The van der Waals surface area contributed by atoms with Crippen molar-refractivity contribution in [3.63, 3.8) is 0 Å². The maximum absolute atomic E-state index is 12.9. The first-order valence-electron chi connectivity index (χ1n) is 11.7. The Kier molecular flexibility index (Phi) is 9.29. The first kappa shape index (κ1) is 27.8. The molecule has 4 rings (SSSR count). The second kappa shape index (κ2) is 13.0. The molecule has 39 heavy (non-hydrogen) atoms. The molecule has 0 bridgehead atoms. The van der Waals surface area contributed by atoms with Gasteiger partial charge in [-0.25, -0.2) is 4.98 Å². The predicted octanol–water partition coefficient (Wildman–Crippen LogP) is 5.83. The minimum atomic E-state index is -0.347. The summed E-state index contributed by atoms with van der Waals surface area (Å²) < 4.78 is 21.3. The number of rotatable bonds is 11. The average molecular weight is 566 g/mol. The Morgan fingerprint density at radius 3 is 2.13 bits per heavy atom. The summed E-state index contributed by atoms with van der Waals surface area (Å²) >= 11 is 2.72. The summed E-state index contributed by atoms with van der Waals surface area (Å²) in [6.45, 7) is 0. The fourth-order valence-electron chi connectivity index (χ4n) is 3.67. The summed E-state index contributed by atoms with van der Waals surface area (Å²) in [5.41, 5.74) is 2.50. The zero-order valence-electron chi connectivity index (χ0n) is 21.8. The summed E-state index contributed by atoms with van der Waals surface area (Å²) in [4.78, 5) is 30.8. The topological polar surface area (TPSA) is 108 Å². The van der Waals surface area contributed by atoms with Crippen LogP contribution in [0.15, 0.2) is 70.9 Å². The molecular formula is C28H27N3O6S2. The van der Waals surface area contributed by atoms with Gasteiger partial charge in [0.15, 0.2) is 16.6 Å². The average Bonchev–Trinajstić information content (AvgIpc) is 3.44. The number of hydrogen-bond acceptors (Lipinski definition) is 9. The molecule has 2 N–H and O–H groups in total. The van der Waals surface area contributed by atoms with E-state index in [0.29, 0.717) is 39.4 Å². The van der Waals surface area contributed by atoms with Crippen LogP contribution in [-0.4, -0.2) is 51.0 Å². The number of anilines is 2. The molecule has 1 aromatic heterocycles. The lowest BCUT2D eigenvalue weighted by Gasteiger charge is -2.13. The molecule has 2 amide bonds. The zero-order valence-corrected chi connectivity index (χ0v) is 23.4. The van der Waals surface area contributed by atoms with Crippen molar-refractivity contribution in [1.82, 2.24) is 4.98 Å². The van der Waals surface area contributed by atoms with E-state index in [4.69, 9.17) is 18.9 Å². The third-order valence-electron chi connectivity index (χ3n) is 5.57. The smallest absolute Gasteiger partial charge is 0.263 e. The van der Waals surface area contributed by atoms with Crippen molar-refractivity contribution in [3.8, 4) is 34.3 Å². The molecule has 0 spiro atoms. The summed E-state index contributed by atoms with van der Waals surface area (Å²) in [6.07, 6.45) is 0. The first-order chi connectivity index (χ1) is 18.9. The van der Waals surface area contributed by atoms with Gasteiger partial charge in [-0.05, 0) is 54.6 Å². The Morgan fingerprint density at radius 1 is 0.821 bits per heavy atom. The van der Waals surface area contributed by atoms with Crippen LogP contribution in [0.5, 0.6) is 23.0 Å². The molecular weight excluding hydrogens is 538 g/mol. The Hall–Kier alpha value is -4.22. The van der Waals surface area contributed by atoms with Gasteiger partial charge in [-0.3, -0.25) is 9.59 Å². The standard InChI is InChI=1S/C28H27N3O6S2/c1-34-21-13-8-17(14-24(21)37-4)20-15-39-28(30-20)31-25(32)16-38-19-11-9-18(10-12-19)29-27(33)26-22(35-2)6-5-7-23(26)36-3/h5-15H,16H2,1-4H3,(H,29,33)(H,30,31,32). The Labute approximate surface area is 234 Å². The summed E-state index contributed by atoms with van der Waals surface area (Å²) in [6, 6.07) is 17.9. The number of nitrogens with zero attached hydrogens (tertiary/aromatic N) is 1. The van der Waals surface area contributed by atoms with E-state index in [-0.39, 0.29) is 17.6 Å². The van der Waals surface area contributed by atoms with Gasteiger partial charge < -0.3 is 29.6 Å². The maximum Gasteiger partial charge on any atom is 0.263 e. The monoisotopic (exact) mass is 565 g/mol. The van der Waals surface area contributed by atoms with Crippen molar-refractivity contribution in [3.05, 3.63) is 71.6 Å². The van der Waals surface area contributed by atoms with Crippen LogP contribution < -0.4 is 29.6 Å². The number of thioether (sulfide) groups is 1. The van der Waals surface area contributed by atoms with Crippen LogP contribution in [0.3, 0.4) is 0 Å². The molecule has 0 aliphatic rings.